The van der Waals surface area contributed by atoms with Crippen molar-refractivity contribution in [2.24, 2.45) is 5.92 Å². The van der Waals surface area contributed by atoms with Crippen LogP contribution in [0.1, 0.15) is 76.6 Å². The topological polar surface area (TPSA) is 79.6 Å². The van der Waals surface area contributed by atoms with Crippen LogP contribution in [0.25, 0.3) is 22.4 Å². The van der Waals surface area contributed by atoms with Gasteiger partial charge < -0.3 is 10.0 Å². The van der Waals surface area contributed by atoms with E-state index in [-0.39, 0.29) is 24.3 Å². The maximum Gasteiger partial charge on any atom is 0.326 e. The van der Waals surface area contributed by atoms with Crippen molar-refractivity contribution in [2.45, 2.75) is 78.8 Å². The lowest BCUT2D eigenvalue weighted by molar-refractivity contribution is -0.153. The predicted octanol–water partition coefficient (Wildman–Crippen LogP) is 7.28. The number of aromatic nitrogens is 1. The molecule has 1 N–H and O–H groups in total. The number of rotatable bonds is 13. The number of aliphatic carboxylic acids is 1. The van der Waals surface area contributed by atoms with Crippen molar-refractivity contribution in [1.82, 2.24) is 9.47 Å². The number of carbonyl (C=O) groups excluding carboxylic acids is 2. The van der Waals surface area contributed by atoms with Crippen LogP contribution in [0.15, 0.2) is 66.9 Å². The molecular formula is C32H40N2O4. The van der Waals surface area contributed by atoms with Crippen molar-refractivity contribution < 1.29 is 19.5 Å². The Labute approximate surface area is 226 Å². The van der Waals surface area contributed by atoms with E-state index in [1.54, 1.807) is 4.57 Å². The van der Waals surface area contributed by atoms with Gasteiger partial charge in [-0.3, -0.25) is 14.2 Å². The van der Waals surface area contributed by atoms with Gasteiger partial charge in [-0.1, -0.05) is 89.1 Å². The molecule has 0 fully saturated rings. The first-order chi connectivity index (χ1) is 18.3. The van der Waals surface area contributed by atoms with Gasteiger partial charge >= 0.3 is 5.97 Å². The van der Waals surface area contributed by atoms with E-state index < -0.39 is 12.0 Å². The van der Waals surface area contributed by atoms with E-state index in [4.69, 9.17) is 0 Å². The summed E-state index contributed by atoms with van der Waals surface area (Å²) in [6.07, 6.45) is 6.11. The van der Waals surface area contributed by atoms with Gasteiger partial charge in [-0.25, -0.2) is 4.79 Å². The molecule has 202 valence electrons. The van der Waals surface area contributed by atoms with E-state index in [1.807, 2.05) is 87.6 Å². The molecule has 0 aliphatic carbocycles. The molecule has 6 heteroatoms. The summed E-state index contributed by atoms with van der Waals surface area (Å²) < 4.78 is 1.74. The summed E-state index contributed by atoms with van der Waals surface area (Å²) >= 11 is 0. The molecular weight excluding hydrogens is 476 g/mol. The number of nitrogens with zero attached hydrogens (tertiary/aromatic N) is 2. The monoisotopic (exact) mass is 516 g/mol. The minimum absolute atomic E-state index is 0.0861. The molecule has 1 atom stereocenters. The van der Waals surface area contributed by atoms with Crippen LogP contribution in [0.2, 0.25) is 0 Å². The standard InChI is InChI=1S/C32H40N2O4/c1-5-7-15-29(35)33-21-11-14-28(33)27-13-10-9-12-26(27)25-19-17-24(18-20-25)22-34(30(36)16-8-6-2)31(23(3)4)32(37)38/h9-14,17-21,23,31H,5-8,15-16,22H2,1-4H3,(H,37,38). The van der Waals surface area contributed by atoms with Crippen molar-refractivity contribution >= 4 is 17.8 Å². The zero-order chi connectivity index (χ0) is 27.7. The van der Waals surface area contributed by atoms with Crippen LogP contribution in [0.4, 0.5) is 0 Å². The first-order valence-electron chi connectivity index (χ1n) is 13.7. The molecule has 1 heterocycles. The normalized spacial score (nSPS) is 11.9. The lowest BCUT2D eigenvalue weighted by Crippen LogP contribution is -2.47. The maximum absolute atomic E-state index is 13.0. The Morgan fingerprint density at radius 1 is 0.842 bits per heavy atom. The molecule has 0 saturated carbocycles. The molecule has 3 rings (SSSR count). The van der Waals surface area contributed by atoms with E-state index >= 15 is 0 Å². The highest BCUT2D eigenvalue weighted by Crippen LogP contribution is 2.33. The zero-order valence-electron chi connectivity index (χ0n) is 23.0. The Kier molecular flexibility index (Phi) is 10.5. The highest BCUT2D eigenvalue weighted by molar-refractivity contribution is 5.89. The molecule has 0 bridgehead atoms. The summed E-state index contributed by atoms with van der Waals surface area (Å²) in [6.45, 7) is 8.01. The van der Waals surface area contributed by atoms with Gasteiger partial charge in [0.15, 0.2) is 0 Å². The van der Waals surface area contributed by atoms with Crippen LogP contribution < -0.4 is 0 Å². The quantitative estimate of drug-likeness (QED) is 0.259. The molecule has 6 nitrogen and oxygen atoms in total. The van der Waals surface area contributed by atoms with Gasteiger partial charge in [0.25, 0.3) is 0 Å². The van der Waals surface area contributed by atoms with Crippen LogP contribution in [0.5, 0.6) is 0 Å². The third-order valence-corrected chi connectivity index (χ3v) is 6.87. The molecule has 1 aromatic heterocycles. The number of hydrogen-bond donors (Lipinski definition) is 1. The van der Waals surface area contributed by atoms with Gasteiger partial charge in [0.05, 0.1) is 5.69 Å². The summed E-state index contributed by atoms with van der Waals surface area (Å²) in [5.74, 6) is -1.23. The number of benzene rings is 2. The minimum atomic E-state index is -0.980. The van der Waals surface area contributed by atoms with Crippen LogP contribution >= 0.6 is 0 Å². The fourth-order valence-electron chi connectivity index (χ4n) is 4.80. The summed E-state index contributed by atoms with van der Waals surface area (Å²) in [4.78, 5) is 39.4. The van der Waals surface area contributed by atoms with Crippen LogP contribution in [-0.2, 0) is 16.1 Å². The lowest BCUT2D eigenvalue weighted by Gasteiger charge is -2.32. The van der Waals surface area contributed by atoms with Gasteiger partial charge in [0.1, 0.15) is 6.04 Å². The Morgan fingerprint density at radius 2 is 1.47 bits per heavy atom. The molecule has 2 aromatic carbocycles. The van der Waals surface area contributed by atoms with Gasteiger partial charge in [0.2, 0.25) is 11.8 Å². The number of amides is 1. The fourth-order valence-corrected chi connectivity index (χ4v) is 4.80. The number of carbonyl (C=O) groups is 3. The first kappa shape index (κ1) is 28.9. The fraction of sp³-hybridized carbons (Fsp3) is 0.406. The van der Waals surface area contributed by atoms with Gasteiger partial charge in [-0.15, -0.1) is 0 Å². The van der Waals surface area contributed by atoms with E-state index in [9.17, 15) is 19.5 Å². The lowest BCUT2D eigenvalue weighted by atomic mass is 9.96. The van der Waals surface area contributed by atoms with E-state index in [0.29, 0.717) is 12.8 Å². The highest BCUT2D eigenvalue weighted by Gasteiger charge is 2.32. The smallest absolute Gasteiger partial charge is 0.326 e. The average molecular weight is 517 g/mol. The van der Waals surface area contributed by atoms with Crippen molar-refractivity contribution in [1.29, 1.82) is 0 Å². The molecule has 38 heavy (non-hydrogen) atoms. The van der Waals surface area contributed by atoms with Crippen LogP contribution in [0.3, 0.4) is 0 Å². The average Bonchev–Trinajstić information content (AvgIpc) is 3.40. The Hall–Kier alpha value is -3.67. The Morgan fingerprint density at radius 3 is 2.08 bits per heavy atom. The van der Waals surface area contributed by atoms with Gasteiger partial charge in [-0.2, -0.15) is 0 Å². The van der Waals surface area contributed by atoms with Gasteiger partial charge in [-0.05, 0) is 47.6 Å². The third kappa shape index (κ3) is 7.00. The number of hydrogen-bond acceptors (Lipinski definition) is 3. The molecule has 1 unspecified atom stereocenters. The second kappa shape index (κ2) is 13.8. The summed E-state index contributed by atoms with van der Waals surface area (Å²) in [5.41, 5.74) is 4.70. The van der Waals surface area contributed by atoms with E-state index in [1.165, 1.54) is 4.90 Å². The SMILES string of the molecule is CCCCC(=O)N(Cc1ccc(-c2ccccc2-c2cccn2C(=O)CCCC)cc1)C(C(=O)O)C(C)C. The number of carboxylic acid groups (broad SMARTS) is 1. The predicted molar refractivity (Wildman–Crippen MR) is 152 cm³/mol. The van der Waals surface area contributed by atoms with Crippen molar-refractivity contribution in [3.8, 4) is 22.4 Å². The molecule has 3 aromatic rings. The Bertz CT molecular complexity index is 1230. The summed E-state index contributed by atoms with van der Waals surface area (Å²) in [7, 11) is 0. The minimum Gasteiger partial charge on any atom is -0.480 e. The van der Waals surface area contributed by atoms with E-state index in [0.717, 1.165) is 53.6 Å². The second-order valence-electron chi connectivity index (χ2n) is 10.2. The highest BCUT2D eigenvalue weighted by atomic mass is 16.4. The van der Waals surface area contributed by atoms with Crippen molar-refractivity contribution in [3.05, 3.63) is 72.4 Å². The largest absolute Gasteiger partial charge is 0.480 e. The Balaban J connectivity index is 1.91. The van der Waals surface area contributed by atoms with Crippen molar-refractivity contribution in [2.75, 3.05) is 0 Å². The molecule has 0 aliphatic rings. The number of unbranched alkanes of at least 4 members (excludes halogenated alkanes) is 2. The summed E-state index contributed by atoms with van der Waals surface area (Å²) in [5, 5.41) is 9.87. The third-order valence-electron chi connectivity index (χ3n) is 6.87. The van der Waals surface area contributed by atoms with Crippen LogP contribution in [-0.4, -0.2) is 38.4 Å². The summed E-state index contributed by atoms with van der Waals surface area (Å²) in [6, 6.07) is 18.9. The van der Waals surface area contributed by atoms with Crippen LogP contribution in [0, 0.1) is 5.92 Å². The molecule has 0 aliphatic heterocycles. The molecule has 0 saturated heterocycles. The van der Waals surface area contributed by atoms with Gasteiger partial charge in [0, 0.05) is 31.1 Å². The molecule has 0 radical (unpaired) electrons. The molecule has 1 amide bonds. The molecule has 0 spiro atoms. The maximum atomic E-state index is 13.0. The van der Waals surface area contributed by atoms with E-state index in [2.05, 4.69) is 6.92 Å². The zero-order valence-corrected chi connectivity index (χ0v) is 23.0. The van der Waals surface area contributed by atoms with Crippen molar-refractivity contribution in [3.63, 3.8) is 0 Å². The number of carboxylic acids is 1. The second-order valence-corrected chi connectivity index (χ2v) is 10.2. The first-order valence-corrected chi connectivity index (χ1v) is 13.7.